The Bertz CT molecular complexity index is 2030. The Hall–Kier alpha value is -6.06. The van der Waals surface area contributed by atoms with Gasteiger partial charge in [-0.15, -0.1) is 0 Å². The molecule has 0 saturated heterocycles. The SMILES string of the molecule is CC.CC.Clc1nc(Nc2ccc(N=Nc3ccc4ccccc4c3)cc2)nc(Nc2ccc(N=Nc3ccc4ccccc4c3)cc2)n1. The van der Waals surface area contributed by atoms with Gasteiger partial charge in [-0.3, -0.25) is 0 Å². The summed E-state index contributed by atoms with van der Waals surface area (Å²) < 4.78 is 0. The second-order valence-corrected chi connectivity index (χ2v) is 10.4. The molecule has 2 N–H and O–H groups in total. The zero-order valence-corrected chi connectivity index (χ0v) is 28.5. The molecule has 1 heterocycles. The fraction of sp³-hybridized carbons (Fsp3) is 0.103. The summed E-state index contributed by atoms with van der Waals surface area (Å²) >= 11 is 6.21. The number of nitrogens with one attached hydrogen (secondary N) is 2. The maximum atomic E-state index is 6.21. The van der Waals surface area contributed by atoms with Crippen molar-refractivity contribution in [3.63, 3.8) is 0 Å². The maximum absolute atomic E-state index is 6.21. The molecule has 244 valence electrons. The van der Waals surface area contributed by atoms with Crippen molar-refractivity contribution in [2.75, 3.05) is 10.6 Å². The van der Waals surface area contributed by atoms with Crippen LogP contribution in [0, 0.1) is 0 Å². The van der Waals surface area contributed by atoms with Gasteiger partial charge in [0, 0.05) is 11.4 Å². The van der Waals surface area contributed by atoms with Gasteiger partial charge in [0.25, 0.3) is 0 Å². The van der Waals surface area contributed by atoms with Crippen LogP contribution in [0.15, 0.2) is 154 Å². The lowest BCUT2D eigenvalue weighted by molar-refractivity contribution is 1.06. The Morgan fingerprint density at radius 1 is 0.408 bits per heavy atom. The third kappa shape index (κ3) is 9.50. The molecule has 9 nitrogen and oxygen atoms in total. The Morgan fingerprint density at radius 2 is 0.755 bits per heavy atom. The predicted molar refractivity (Wildman–Crippen MR) is 203 cm³/mol. The molecule has 0 saturated carbocycles. The van der Waals surface area contributed by atoms with Crippen molar-refractivity contribution in [3.05, 3.63) is 139 Å². The van der Waals surface area contributed by atoms with Gasteiger partial charge in [-0.25, -0.2) is 0 Å². The Kier molecular flexibility index (Phi) is 12.0. The topological polar surface area (TPSA) is 112 Å². The molecule has 0 aliphatic heterocycles. The first-order valence-electron chi connectivity index (χ1n) is 16.1. The molecule has 0 unspecified atom stereocenters. The van der Waals surface area contributed by atoms with Crippen molar-refractivity contribution in [1.82, 2.24) is 15.0 Å². The first-order valence-corrected chi connectivity index (χ1v) is 16.5. The van der Waals surface area contributed by atoms with Crippen LogP contribution in [0.1, 0.15) is 27.7 Å². The highest BCUT2D eigenvalue weighted by Gasteiger charge is 2.07. The van der Waals surface area contributed by atoms with E-state index in [-0.39, 0.29) is 5.28 Å². The number of nitrogens with zero attached hydrogens (tertiary/aromatic N) is 7. The molecule has 0 atom stereocenters. The molecular weight excluding hydrogens is 630 g/mol. The molecule has 0 spiro atoms. The van der Waals surface area contributed by atoms with Crippen molar-refractivity contribution in [2.45, 2.75) is 27.7 Å². The summed E-state index contributed by atoms with van der Waals surface area (Å²) in [4.78, 5) is 12.9. The number of rotatable bonds is 8. The molecule has 1 aromatic heterocycles. The van der Waals surface area contributed by atoms with E-state index in [1.807, 2.05) is 137 Å². The molecule has 0 aliphatic rings. The van der Waals surface area contributed by atoms with E-state index >= 15 is 0 Å². The van der Waals surface area contributed by atoms with Crippen LogP contribution in [-0.2, 0) is 0 Å². The lowest BCUT2D eigenvalue weighted by atomic mass is 10.1. The second kappa shape index (κ2) is 17.2. The van der Waals surface area contributed by atoms with Crippen LogP contribution in [-0.4, -0.2) is 15.0 Å². The van der Waals surface area contributed by atoms with E-state index in [2.05, 4.69) is 70.3 Å². The van der Waals surface area contributed by atoms with Gasteiger partial charge >= 0.3 is 0 Å². The third-order valence-corrected chi connectivity index (χ3v) is 7.05. The number of aromatic nitrogens is 3. The van der Waals surface area contributed by atoms with E-state index < -0.39 is 0 Å². The van der Waals surface area contributed by atoms with Crippen LogP contribution in [0.3, 0.4) is 0 Å². The molecule has 7 rings (SSSR count). The number of hydrogen-bond donors (Lipinski definition) is 2. The number of hydrogen-bond acceptors (Lipinski definition) is 9. The molecule has 7 aromatic rings. The minimum absolute atomic E-state index is 0.0524. The highest BCUT2D eigenvalue weighted by atomic mass is 35.5. The molecule has 0 fully saturated rings. The largest absolute Gasteiger partial charge is 0.324 e. The number of azo groups is 2. The van der Waals surface area contributed by atoms with Crippen LogP contribution in [0.2, 0.25) is 5.28 Å². The lowest BCUT2D eigenvalue weighted by Crippen LogP contribution is -2.03. The molecule has 0 aliphatic carbocycles. The maximum Gasteiger partial charge on any atom is 0.233 e. The van der Waals surface area contributed by atoms with Crippen molar-refractivity contribution in [1.29, 1.82) is 0 Å². The Balaban J connectivity index is 0.00000113. The molecule has 6 aromatic carbocycles. The Labute approximate surface area is 290 Å². The van der Waals surface area contributed by atoms with Crippen molar-refractivity contribution in [2.24, 2.45) is 20.5 Å². The fourth-order valence-corrected chi connectivity index (χ4v) is 4.81. The van der Waals surface area contributed by atoms with Gasteiger partial charge < -0.3 is 10.6 Å². The molecule has 0 bridgehead atoms. The highest BCUT2D eigenvalue weighted by molar-refractivity contribution is 6.28. The highest BCUT2D eigenvalue weighted by Crippen LogP contribution is 2.27. The van der Waals surface area contributed by atoms with Crippen LogP contribution >= 0.6 is 11.6 Å². The number of fused-ring (bicyclic) bond motifs is 2. The molecule has 0 amide bonds. The zero-order valence-electron chi connectivity index (χ0n) is 27.7. The van der Waals surface area contributed by atoms with Crippen molar-refractivity contribution >= 4 is 79.2 Å². The average molecular weight is 666 g/mol. The number of benzene rings is 6. The van der Waals surface area contributed by atoms with Gasteiger partial charge in [-0.05, 0) is 106 Å². The van der Waals surface area contributed by atoms with E-state index in [1.165, 1.54) is 0 Å². The minimum Gasteiger partial charge on any atom is -0.324 e. The normalized spacial score (nSPS) is 10.8. The zero-order chi connectivity index (χ0) is 34.4. The fourth-order valence-electron chi connectivity index (χ4n) is 4.65. The summed E-state index contributed by atoms with van der Waals surface area (Å²) in [7, 11) is 0. The second-order valence-electron chi connectivity index (χ2n) is 10.1. The van der Waals surface area contributed by atoms with Crippen LogP contribution in [0.25, 0.3) is 21.5 Å². The van der Waals surface area contributed by atoms with Crippen LogP contribution in [0.4, 0.5) is 46.0 Å². The summed E-state index contributed by atoms with van der Waals surface area (Å²) in [5, 5.41) is 28.4. The molecule has 49 heavy (non-hydrogen) atoms. The summed E-state index contributed by atoms with van der Waals surface area (Å²) in [6.07, 6.45) is 0. The minimum atomic E-state index is 0.0524. The standard InChI is InChI=1S/C35H24ClN9.2C2H6/c36-33-39-34(37-27-13-17-29(18-14-27)42-44-31-11-9-23-5-1-3-7-25(23)21-31)41-35(40-33)38-28-15-19-30(20-16-28)43-45-32-12-10-24-6-2-4-8-26(24)22-32;2*1-2/h1-22H,(H2,37,38,39,40,41);2*1-2H3. The first kappa shape index (κ1) is 34.3. The van der Waals surface area contributed by atoms with Gasteiger partial charge in [0.15, 0.2) is 0 Å². The number of halogens is 1. The van der Waals surface area contributed by atoms with E-state index in [4.69, 9.17) is 11.6 Å². The van der Waals surface area contributed by atoms with E-state index in [0.717, 1.165) is 44.3 Å². The lowest BCUT2D eigenvalue weighted by Gasteiger charge is -2.09. The van der Waals surface area contributed by atoms with E-state index in [0.29, 0.717) is 23.3 Å². The van der Waals surface area contributed by atoms with Gasteiger partial charge in [-0.2, -0.15) is 35.4 Å². The van der Waals surface area contributed by atoms with Gasteiger partial charge in [0.1, 0.15) is 0 Å². The average Bonchev–Trinajstić information content (AvgIpc) is 3.15. The van der Waals surface area contributed by atoms with Gasteiger partial charge in [0.05, 0.1) is 22.7 Å². The monoisotopic (exact) mass is 665 g/mol. The van der Waals surface area contributed by atoms with Crippen molar-refractivity contribution < 1.29 is 0 Å². The summed E-state index contributed by atoms with van der Waals surface area (Å²) in [6, 6.07) is 43.2. The van der Waals surface area contributed by atoms with Crippen LogP contribution < -0.4 is 10.6 Å². The quantitative estimate of drug-likeness (QED) is 0.157. The van der Waals surface area contributed by atoms with E-state index in [1.54, 1.807) is 0 Å². The predicted octanol–water partition coefficient (Wildman–Crippen LogP) is 13.2. The smallest absolute Gasteiger partial charge is 0.233 e. The molecule has 10 heteroatoms. The summed E-state index contributed by atoms with van der Waals surface area (Å²) in [6.45, 7) is 8.00. The molecular formula is C39H36ClN9. The van der Waals surface area contributed by atoms with Gasteiger partial charge in [0.2, 0.25) is 17.2 Å². The van der Waals surface area contributed by atoms with Crippen molar-refractivity contribution in [3.8, 4) is 0 Å². The third-order valence-electron chi connectivity index (χ3n) is 6.88. The van der Waals surface area contributed by atoms with E-state index in [9.17, 15) is 0 Å². The van der Waals surface area contributed by atoms with Crippen LogP contribution in [0.5, 0.6) is 0 Å². The summed E-state index contributed by atoms with van der Waals surface area (Å²) in [5.41, 5.74) is 4.52. The number of anilines is 4. The first-order chi connectivity index (χ1) is 24.1. The molecule has 0 radical (unpaired) electrons. The van der Waals surface area contributed by atoms with Gasteiger partial charge in [-0.1, -0.05) is 88.4 Å². The Morgan fingerprint density at radius 3 is 1.16 bits per heavy atom. The summed E-state index contributed by atoms with van der Waals surface area (Å²) in [5.74, 6) is 0.590.